The number of benzene rings is 4. The van der Waals surface area contributed by atoms with Gasteiger partial charge in [-0.15, -0.1) is 0 Å². The summed E-state index contributed by atoms with van der Waals surface area (Å²) in [5.41, 5.74) is 1.97. The van der Waals surface area contributed by atoms with Crippen LogP contribution in [-0.4, -0.2) is 21.5 Å². The van der Waals surface area contributed by atoms with E-state index in [-0.39, 0.29) is 46.8 Å². The van der Waals surface area contributed by atoms with Gasteiger partial charge < -0.3 is 9.47 Å². The van der Waals surface area contributed by atoms with Gasteiger partial charge in [0.25, 0.3) is 10.0 Å². The van der Waals surface area contributed by atoms with Crippen molar-refractivity contribution in [1.29, 1.82) is 0 Å². The summed E-state index contributed by atoms with van der Waals surface area (Å²) in [4.78, 5) is 13.0. The van der Waals surface area contributed by atoms with Crippen molar-refractivity contribution in [2.24, 2.45) is 11.8 Å². The van der Waals surface area contributed by atoms with Crippen LogP contribution in [0, 0.1) is 11.8 Å². The van der Waals surface area contributed by atoms with Gasteiger partial charge in [-0.25, -0.2) is 13.2 Å². The molecule has 0 fully saturated rings. The molecule has 1 aliphatic rings. The maximum absolute atomic E-state index is 13.5. The molecule has 0 radical (unpaired) electrons. The van der Waals surface area contributed by atoms with Crippen molar-refractivity contribution in [3.8, 4) is 5.75 Å². The number of ether oxygens (including phenoxy) is 2. The van der Waals surface area contributed by atoms with Crippen LogP contribution in [0.2, 0.25) is 0 Å². The predicted octanol–water partition coefficient (Wildman–Crippen LogP) is 7.90. The number of nitrogens with one attached hydrogen (secondary N) is 1. The molecule has 0 heterocycles. The van der Waals surface area contributed by atoms with E-state index >= 15 is 0 Å². The molecule has 1 atom stereocenters. The molecule has 5 rings (SSSR count). The maximum atomic E-state index is 13.5. The highest BCUT2D eigenvalue weighted by atomic mass is 32.2. The fourth-order valence-electron chi connectivity index (χ4n) is 5.35. The zero-order valence-electron chi connectivity index (χ0n) is 24.9. The first-order chi connectivity index (χ1) is 21.4. The molecule has 234 valence electrons. The summed E-state index contributed by atoms with van der Waals surface area (Å²) in [7, 11) is -2.78. The molecule has 0 amide bonds. The second-order valence-corrected chi connectivity index (χ2v) is 12.8. The van der Waals surface area contributed by atoms with Gasteiger partial charge in [-0.05, 0) is 82.1 Å². The number of carbonyl (C=O) groups excluding carboxylic acids is 1. The summed E-state index contributed by atoms with van der Waals surface area (Å²) in [5, 5.41) is 1.68. The van der Waals surface area contributed by atoms with E-state index in [4.69, 9.17) is 9.47 Å². The number of hydrogen-bond donors (Lipinski definition) is 1. The number of halogens is 3. The van der Waals surface area contributed by atoms with Crippen molar-refractivity contribution in [2.45, 2.75) is 37.9 Å². The molecular weight excluding hydrogens is 603 g/mol. The SMILES string of the molecule is COC(=O)C1=C(NS(=O)(=O)c2ccc3ccccc3c2)CC(C(C)C)C(c2ccc(COc3cccc(C(F)(F)F)c3)cc2)=C1. The van der Waals surface area contributed by atoms with Crippen LogP contribution in [0.4, 0.5) is 13.2 Å². The molecule has 1 aliphatic carbocycles. The Morgan fingerprint density at radius 2 is 1.64 bits per heavy atom. The third-order valence-electron chi connectivity index (χ3n) is 7.80. The van der Waals surface area contributed by atoms with Crippen molar-refractivity contribution < 1.29 is 35.9 Å². The number of fused-ring (bicyclic) bond motifs is 1. The number of esters is 1. The average molecular weight is 636 g/mol. The Labute approximate surface area is 260 Å². The molecule has 45 heavy (non-hydrogen) atoms. The van der Waals surface area contributed by atoms with Crippen molar-refractivity contribution in [3.63, 3.8) is 0 Å². The molecule has 0 saturated carbocycles. The maximum Gasteiger partial charge on any atom is 0.416 e. The second kappa shape index (κ2) is 12.8. The van der Waals surface area contributed by atoms with Gasteiger partial charge in [0.1, 0.15) is 12.4 Å². The molecule has 0 aliphatic heterocycles. The summed E-state index contributed by atoms with van der Waals surface area (Å²) >= 11 is 0. The van der Waals surface area contributed by atoms with Crippen LogP contribution < -0.4 is 9.46 Å². The monoisotopic (exact) mass is 635 g/mol. The number of sulfonamides is 1. The Morgan fingerprint density at radius 3 is 2.31 bits per heavy atom. The van der Waals surface area contributed by atoms with Crippen molar-refractivity contribution >= 4 is 32.3 Å². The Bertz CT molecular complexity index is 1890. The topological polar surface area (TPSA) is 81.7 Å². The van der Waals surface area contributed by atoms with E-state index < -0.39 is 27.7 Å². The third-order valence-corrected chi connectivity index (χ3v) is 9.19. The van der Waals surface area contributed by atoms with E-state index in [2.05, 4.69) is 4.72 Å². The molecule has 1 N–H and O–H groups in total. The normalized spacial score (nSPS) is 15.6. The van der Waals surface area contributed by atoms with Gasteiger partial charge in [-0.2, -0.15) is 13.2 Å². The highest BCUT2D eigenvalue weighted by Gasteiger charge is 2.32. The van der Waals surface area contributed by atoms with Crippen molar-refractivity contribution in [2.75, 3.05) is 7.11 Å². The predicted molar refractivity (Wildman–Crippen MR) is 166 cm³/mol. The first-order valence-corrected chi connectivity index (χ1v) is 15.8. The summed E-state index contributed by atoms with van der Waals surface area (Å²) in [6, 6.07) is 24.3. The van der Waals surface area contributed by atoms with Gasteiger partial charge in [0.05, 0.1) is 23.1 Å². The summed E-state index contributed by atoms with van der Waals surface area (Å²) in [6.07, 6.45) is -2.54. The van der Waals surface area contributed by atoms with E-state index in [0.717, 1.165) is 39.6 Å². The van der Waals surface area contributed by atoms with Crippen LogP contribution in [0.5, 0.6) is 5.75 Å². The fraction of sp³-hybridized carbons (Fsp3) is 0.229. The zero-order chi connectivity index (χ0) is 32.4. The minimum absolute atomic E-state index is 0.0578. The first kappa shape index (κ1) is 31.8. The Kier molecular flexibility index (Phi) is 9.06. The number of rotatable bonds is 9. The van der Waals surface area contributed by atoms with E-state index in [0.29, 0.717) is 0 Å². The van der Waals surface area contributed by atoms with Crippen LogP contribution in [0.25, 0.3) is 16.3 Å². The number of allylic oxidation sites excluding steroid dienone is 2. The lowest BCUT2D eigenvalue weighted by Crippen LogP contribution is -2.30. The third kappa shape index (κ3) is 7.23. The Balaban J connectivity index is 1.42. The quantitative estimate of drug-likeness (QED) is 0.189. The lowest BCUT2D eigenvalue weighted by Gasteiger charge is -2.31. The fourth-order valence-corrected chi connectivity index (χ4v) is 6.51. The largest absolute Gasteiger partial charge is 0.489 e. The Hall–Kier alpha value is -4.57. The lowest BCUT2D eigenvalue weighted by molar-refractivity contribution is -0.138. The van der Waals surface area contributed by atoms with E-state index in [1.165, 1.54) is 25.3 Å². The first-order valence-electron chi connectivity index (χ1n) is 14.3. The minimum atomic E-state index is -4.46. The van der Waals surface area contributed by atoms with Gasteiger partial charge in [0.2, 0.25) is 0 Å². The number of carbonyl (C=O) groups is 1. The molecule has 6 nitrogen and oxygen atoms in total. The van der Waals surface area contributed by atoms with Crippen LogP contribution in [0.1, 0.15) is 37.0 Å². The molecular formula is C35H32F3NO5S. The smallest absolute Gasteiger partial charge is 0.416 e. The molecule has 0 bridgehead atoms. The van der Waals surface area contributed by atoms with Crippen molar-refractivity contribution in [3.05, 3.63) is 125 Å². The summed E-state index contributed by atoms with van der Waals surface area (Å²) in [6.45, 7) is 4.10. The van der Waals surface area contributed by atoms with Gasteiger partial charge in [0.15, 0.2) is 0 Å². The molecule has 10 heteroatoms. The highest BCUT2D eigenvalue weighted by molar-refractivity contribution is 7.89. The van der Waals surface area contributed by atoms with Gasteiger partial charge in [-0.3, -0.25) is 4.72 Å². The number of alkyl halides is 3. The van der Waals surface area contributed by atoms with E-state index in [1.807, 2.05) is 50.2 Å². The number of hydrogen-bond acceptors (Lipinski definition) is 5. The molecule has 0 spiro atoms. The minimum Gasteiger partial charge on any atom is -0.489 e. The molecule has 1 unspecified atom stereocenters. The van der Waals surface area contributed by atoms with Gasteiger partial charge in [0, 0.05) is 5.70 Å². The lowest BCUT2D eigenvalue weighted by atomic mass is 9.76. The van der Waals surface area contributed by atoms with Gasteiger partial charge in [-0.1, -0.05) is 74.5 Å². The zero-order valence-corrected chi connectivity index (χ0v) is 25.7. The average Bonchev–Trinajstić information content (AvgIpc) is 3.02. The van der Waals surface area contributed by atoms with Gasteiger partial charge >= 0.3 is 12.1 Å². The van der Waals surface area contributed by atoms with E-state index in [9.17, 15) is 26.4 Å². The standard InChI is InChI=1S/C35H32F3NO5S/c1-22(2)30-20-33(39-45(41,42)29-16-15-24-7-4-5-8-26(24)17-29)32(34(40)43-3)19-31(30)25-13-11-23(12-14-25)21-44-28-10-6-9-27(18-28)35(36,37)38/h4-19,22,30,39H,20-21H2,1-3H3. The molecule has 0 saturated heterocycles. The highest BCUT2D eigenvalue weighted by Crippen LogP contribution is 2.40. The summed E-state index contributed by atoms with van der Waals surface area (Å²) < 4.78 is 79.5. The second-order valence-electron chi connectivity index (χ2n) is 11.2. The van der Waals surface area contributed by atoms with Crippen LogP contribution in [0.3, 0.4) is 0 Å². The molecule has 4 aromatic carbocycles. The van der Waals surface area contributed by atoms with Crippen LogP contribution in [-0.2, 0) is 32.3 Å². The van der Waals surface area contributed by atoms with Crippen LogP contribution >= 0.6 is 0 Å². The van der Waals surface area contributed by atoms with Crippen molar-refractivity contribution in [1.82, 2.24) is 4.72 Å². The molecule has 4 aromatic rings. The van der Waals surface area contributed by atoms with E-state index in [1.54, 1.807) is 30.3 Å². The van der Waals surface area contributed by atoms with Crippen LogP contribution in [0.15, 0.2) is 113 Å². The summed E-state index contributed by atoms with van der Waals surface area (Å²) in [5.74, 6) is -0.619. The molecule has 0 aromatic heterocycles. The number of methoxy groups -OCH3 is 1. The Morgan fingerprint density at radius 1 is 0.933 bits per heavy atom.